The Kier molecular flexibility index (Phi) is 11.4. The minimum Gasteiger partial charge on any atom is -0.539 e. The third-order valence-corrected chi connectivity index (χ3v) is 9.35. The van der Waals surface area contributed by atoms with Crippen molar-refractivity contribution in [3.05, 3.63) is 22.3 Å². The van der Waals surface area contributed by atoms with Gasteiger partial charge in [0.25, 0.3) is 0 Å². The number of nitrogens with zero attached hydrogens (tertiary/aromatic N) is 3. The molecule has 3 atom stereocenters. The lowest BCUT2D eigenvalue weighted by Gasteiger charge is -2.51. The number of Topliss-reactive ketones (excluding diaryl/α,β-unsaturated/α-hetero) is 1. The van der Waals surface area contributed by atoms with Gasteiger partial charge in [-0.15, -0.1) is 23.1 Å². The van der Waals surface area contributed by atoms with Gasteiger partial charge < -0.3 is 19.0 Å². The summed E-state index contributed by atoms with van der Waals surface area (Å²) < 4.78 is 15.6. The number of β-lactam (4-membered cyclic amide) rings is 1. The number of fused-ring (bicyclic) bond motifs is 1. The second kappa shape index (κ2) is 14.0. The lowest BCUT2D eigenvalue weighted by Crippen LogP contribution is -2.63. The van der Waals surface area contributed by atoms with E-state index in [9.17, 15) is 24.0 Å². The number of carbonyl (C=O) groups excluding carboxylic acids is 5. The first-order chi connectivity index (χ1) is 20.7. The van der Waals surface area contributed by atoms with Crippen LogP contribution in [-0.4, -0.2) is 85.2 Å². The van der Waals surface area contributed by atoms with Crippen LogP contribution in [-0.2, 0) is 38.1 Å². The number of halogens is 1. The number of thioether (sulfide) groups is 1. The highest BCUT2D eigenvalue weighted by Crippen LogP contribution is 2.48. The first kappa shape index (κ1) is 36.8. The van der Waals surface area contributed by atoms with Gasteiger partial charge in [0.15, 0.2) is 16.6 Å². The number of esters is 1. The lowest BCUT2D eigenvalue weighted by molar-refractivity contribution is -0.179. The van der Waals surface area contributed by atoms with E-state index in [1.807, 2.05) is 6.92 Å². The number of thiazole rings is 1. The minimum absolute atomic E-state index is 0.0452. The molecule has 0 aromatic carbocycles. The zero-order chi connectivity index (χ0) is 34.1. The van der Waals surface area contributed by atoms with Crippen LogP contribution >= 0.6 is 45.7 Å². The summed E-state index contributed by atoms with van der Waals surface area (Å²) in [5, 5.41) is 7.48. The molecule has 13 nitrogen and oxygen atoms in total. The molecule has 2 amide bonds. The summed E-state index contributed by atoms with van der Waals surface area (Å²) in [6.07, 6.45) is -1.05. The van der Waals surface area contributed by atoms with Crippen molar-refractivity contribution >= 4 is 94.3 Å². The number of ether oxygens (including phenoxy) is 2. The van der Waals surface area contributed by atoms with Crippen molar-refractivity contribution in [2.75, 3.05) is 9.74 Å². The third-order valence-electron chi connectivity index (χ3n) is 6.26. The number of anilines is 1. The maximum atomic E-state index is 13.8. The van der Waals surface area contributed by atoms with E-state index in [1.165, 1.54) is 35.9 Å². The van der Waals surface area contributed by atoms with Crippen LogP contribution in [0.25, 0.3) is 0 Å². The summed E-state index contributed by atoms with van der Waals surface area (Å²) in [7, 11) is 5.16. The van der Waals surface area contributed by atoms with Gasteiger partial charge in [-0.05, 0) is 67.9 Å². The fraction of sp³-hybridized carbons (Fsp3) is 0.607. The highest BCUT2D eigenvalue weighted by atomic mass is 127. The SMILES string of the molecule is [B]OC(=O)C1=C(CI)[C@H](C)S[C@@H]2[C@H](CC(=O)/C(=N\OC(C)(C)C(=O)OC(C)(C)C)c3csc(NC(=O)OC(C)(C)C)n3)C(=O)N12. The standard InChI is InChI=1S/C28H36BIN4O9S2/c1-13-15(11-30)19(22(37)42-29)34-20(36)14(21(34)45-13)10-17(35)18(33-43-28(8,9)23(38)40-26(2,3)4)16-12-44-24(31-16)32-25(39)41-27(5,6)7/h12-14,21H,10-11H2,1-9H3,(H,31,32,39)/b33-18-/t13-,14+,21+/m0/s1. The van der Waals surface area contributed by atoms with Gasteiger partial charge in [-0.2, -0.15) is 0 Å². The van der Waals surface area contributed by atoms with E-state index < -0.39 is 57.8 Å². The Labute approximate surface area is 285 Å². The number of hydrogen-bond acceptors (Lipinski definition) is 13. The normalized spacial score (nSPS) is 20.6. The Balaban J connectivity index is 1.91. The van der Waals surface area contributed by atoms with E-state index >= 15 is 0 Å². The van der Waals surface area contributed by atoms with Crippen LogP contribution in [0.5, 0.6) is 0 Å². The van der Waals surface area contributed by atoms with E-state index in [4.69, 9.17) is 22.4 Å². The molecule has 3 heterocycles. The summed E-state index contributed by atoms with van der Waals surface area (Å²) >= 11 is 4.55. The Bertz CT molecular complexity index is 1430. The molecule has 1 fully saturated rings. The molecule has 0 aliphatic carbocycles. The number of rotatable bonds is 10. The summed E-state index contributed by atoms with van der Waals surface area (Å²) in [4.78, 5) is 75.9. The van der Waals surface area contributed by atoms with Gasteiger partial charge in [-0.3, -0.25) is 19.8 Å². The first-order valence-electron chi connectivity index (χ1n) is 13.9. The van der Waals surface area contributed by atoms with Gasteiger partial charge in [0, 0.05) is 21.5 Å². The molecule has 0 saturated carbocycles. The molecular weight excluding hydrogens is 738 g/mol. The number of carbonyl (C=O) groups is 5. The van der Waals surface area contributed by atoms with E-state index in [2.05, 4.69) is 42.7 Å². The molecule has 1 aromatic heterocycles. The molecule has 17 heteroatoms. The number of oxime groups is 1. The topological polar surface area (TPSA) is 163 Å². The Morgan fingerprint density at radius 1 is 1.09 bits per heavy atom. The average molecular weight is 774 g/mol. The van der Waals surface area contributed by atoms with Crippen molar-refractivity contribution in [1.82, 2.24) is 9.88 Å². The Morgan fingerprint density at radius 3 is 2.27 bits per heavy atom. The maximum Gasteiger partial charge on any atom is 0.413 e. The molecule has 1 aromatic rings. The van der Waals surface area contributed by atoms with Gasteiger partial charge in [0.2, 0.25) is 11.5 Å². The van der Waals surface area contributed by atoms with Crippen molar-refractivity contribution in [2.24, 2.45) is 11.1 Å². The molecule has 2 aliphatic rings. The van der Waals surface area contributed by atoms with E-state index in [1.54, 1.807) is 41.5 Å². The zero-order valence-corrected chi connectivity index (χ0v) is 30.3. The van der Waals surface area contributed by atoms with Crippen LogP contribution in [0.4, 0.5) is 9.93 Å². The second-order valence-electron chi connectivity index (χ2n) is 12.7. The average Bonchev–Trinajstić information content (AvgIpc) is 3.36. The van der Waals surface area contributed by atoms with Gasteiger partial charge >= 0.3 is 26.1 Å². The monoisotopic (exact) mass is 774 g/mol. The Hall–Kier alpha value is -2.67. The van der Waals surface area contributed by atoms with Crippen LogP contribution in [0, 0.1) is 5.92 Å². The van der Waals surface area contributed by atoms with E-state index in [-0.39, 0.29) is 33.9 Å². The number of alkyl halides is 1. The summed E-state index contributed by atoms with van der Waals surface area (Å²) in [6, 6.07) is 0. The first-order valence-corrected chi connectivity index (χ1v) is 17.2. The van der Waals surface area contributed by atoms with Crippen molar-refractivity contribution < 1.29 is 42.9 Å². The number of amides is 2. The summed E-state index contributed by atoms with van der Waals surface area (Å²) in [5.74, 6) is -3.41. The number of ketones is 1. The summed E-state index contributed by atoms with van der Waals surface area (Å²) in [6.45, 7) is 15.0. The second-order valence-corrected chi connectivity index (χ2v) is 15.8. The van der Waals surface area contributed by atoms with Crippen molar-refractivity contribution in [3.8, 4) is 0 Å². The largest absolute Gasteiger partial charge is 0.539 e. The molecule has 0 spiro atoms. The van der Waals surface area contributed by atoms with Gasteiger partial charge in [-0.25, -0.2) is 19.4 Å². The predicted molar refractivity (Wildman–Crippen MR) is 178 cm³/mol. The van der Waals surface area contributed by atoms with E-state index in [0.29, 0.717) is 10.0 Å². The molecule has 0 bridgehead atoms. The molecular formula is C28H36BIN4O9S2. The third kappa shape index (κ3) is 8.99. The lowest BCUT2D eigenvalue weighted by atomic mass is 9.89. The number of hydrogen-bond donors (Lipinski definition) is 1. The molecule has 2 aliphatic heterocycles. The quantitative estimate of drug-likeness (QED) is 0.0677. The molecule has 1 N–H and O–H groups in total. The molecule has 3 rings (SSSR count). The minimum atomic E-state index is -1.59. The van der Waals surface area contributed by atoms with Gasteiger partial charge in [0.1, 0.15) is 22.6 Å². The fourth-order valence-electron chi connectivity index (χ4n) is 4.17. The smallest absolute Gasteiger partial charge is 0.413 e. The highest BCUT2D eigenvalue weighted by Gasteiger charge is 2.55. The molecule has 45 heavy (non-hydrogen) atoms. The van der Waals surface area contributed by atoms with Crippen LogP contribution in [0.3, 0.4) is 0 Å². The number of nitrogens with one attached hydrogen (secondary N) is 1. The van der Waals surface area contributed by atoms with Crippen molar-refractivity contribution in [3.63, 3.8) is 0 Å². The van der Waals surface area contributed by atoms with Crippen LogP contribution in [0.1, 0.15) is 74.4 Å². The van der Waals surface area contributed by atoms with Crippen LogP contribution in [0.2, 0.25) is 0 Å². The molecule has 2 radical (unpaired) electrons. The predicted octanol–water partition coefficient (Wildman–Crippen LogP) is 4.53. The molecule has 0 unspecified atom stereocenters. The fourth-order valence-corrected chi connectivity index (χ4v) is 7.68. The van der Waals surface area contributed by atoms with Crippen molar-refractivity contribution in [2.45, 2.75) is 96.2 Å². The Morgan fingerprint density at radius 2 is 1.71 bits per heavy atom. The van der Waals surface area contributed by atoms with Gasteiger partial charge in [0.05, 0.1) is 11.3 Å². The van der Waals surface area contributed by atoms with E-state index in [0.717, 1.165) is 11.3 Å². The zero-order valence-electron chi connectivity index (χ0n) is 26.5. The summed E-state index contributed by atoms with van der Waals surface area (Å²) in [5.41, 5.74) is -2.58. The van der Waals surface area contributed by atoms with Crippen LogP contribution in [0.15, 0.2) is 21.8 Å². The highest BCUT2D eigenvalue weighted by molar-refractivity contribution is 14.1. The van der Waals surface area contributed by atoms with Crippen LogP contribution < -0.4 is 5.32 Å². The number of aromatic nitrogens is 1. The molecule has 244 valence electrons. The van der Waals surface area contributed by atoms with Gasteiger partial charge in [-0.1, -0.05) is 27.7 Å². The maximum absolute atomic E-state index is 13.8. The van der Waals surface area contributed by atoms with Crippen molar-refractivity contribution in [1.29, 1.82) is 0 Å². The molecule has 1 saturated heterocycles.